The Labute approximate surface area is 267 Å². The molecule has 8 nitrogen and oxygen atoms in total. The molecule has 0 aliphatic carbocycles. The van der Waals surface area contributed by atoms with Crippen molar-refractivity contribution in [1.29, 1.82) is 0 Å². The van der Waals surface area contributed by atoms with Crippen LogP contribution in [-0.4, -0.2) is 74.2 Å². The number of aromatic nitrogens is 8. The zero-order valence-corrected chi connectivity index (χ0v) is 34.3. The molecule has 10 heteroatoms. The topological polar surface area (TPSA) is 87.2 Å². The molecule has 242 valence electrons. The molecule has 2 rings (SSSR count). The van der Waals surface area contributed by atoms with E-state index in [0.717, 1.165) is 37.3 Å². The van der Waals surface area contributed by atoms with Crippen molar-refractivity contribution in [1.82, 2.24) is 36.9 Å². The first-order chi connectivity index (χ1) is 20.5. The monoisotopic (exact) mass is 802 g/mol. The number of hydrogen-bond acceptors (Lipinski definition) is 6. The minimum absolute atomic E-state index is 0.953. The number of nitrogens with zero attached hydrogens (tertiary/aromatic N) is 8. The van der Waals surface area contributed by atoms with Crippen molar-refractivity contribution in [2.45, 2.75) is 184 Å². The Morgan fingerprint density at radius 2 is 0.690 bits per heavy atom. The summed E-state index contributed by atoms with van der Waals surface area (Å²) in [6.07, 6.45) is 22.1. The molecular weight excluding hydrogens is 734 g/mol. The summed E-state index contributed by atoms with van der Waals surface area (Å²) in [6, 6.07) is 0. The fourth-order valence-electron chi connectivity index (χ4n) is 6.39. The Balaban J connectivity index is 1.89. The molecule has 2 aromatic rings. The average molecular weight is 800 g/mol. The summed E-state index contributed by atoms with van der Waals surface area (Å²) in [6.45, 7) is 13.9. The second kappa shape index (κ2) is 22.3. The van der Waals surface area contributed by atoms with Crippen LogP contribution in [0.15, 0.2) is 0 Å². The number of tetrazole rings is 2. The second-order valence-electron chi connectivity index (χ2n) is 13.0. The van der Waals surface area contributed by atoms with Crippen LogP contribution >= 0.6 is 0 Å². The van der Waals surface area contributed by atoms with Gasteiger partial charge in [-0.15, -0.1) is 0 Å². The van der Waals surface area contributed by atoms with Crippen molar-refractivity contribution in [2.24, 2.45) is 0 Å². The van der Waals surface area contributed by atoms with E-state index in [4.69, 9.17) is 20.6 Å². The molecule has 0 N–H and O–H groups in total. The van der Waals surface area contributed by atoms with Gasteiger partial charge in [-0.05, 0) is 0 Å². The first kappa shape index (κ1) is 37.9. The standard InChI is InChI=1S/C8H12N8.6C4H9.2Sn/c1(3-5-7-9-13-14-10-7)2-4-6-8-11-15-16-12-8;6*1-3-4-2;;/h1-6H2;6*1,3-4H2,2H3;;/q-2;;;;;;;2*+1. The Morgan fingerprint density at radius 3 is 0.952 bits per heavy atom. The van der Waals surface area contributed by atoms with Crippen LogP contribution in [-0.2, 0) is 12.8 Å². The Morgan fingerprint density at radius 1 is 0.405 bits per heavy atom. The first-order valence-corrected chi connectivity index (χ1v) is 32.8. The third-order valence-corrected chi connectivity index (χ3v) is 37.2. The van der Waals surface area contributed by atoms with Gasteiger partial charge >= 0.3 is 270 Å². The van der Waals surface area contributed by atoms with Gasteiger partial charge in [-0.1, -0.05) is 0 Å². The quantitative estimate of drug-likeness (QED) is 0.0662. The van der Waals surface area contributed by atoms with E-state index in [9.17, 15) is 0 Å². The van der Waals surface area contributed by atoms with Crippen molar-refractivity contribution in [3.05, 3.63) is 11.6 Å². The van der Waals surface area contributed by atoms with E-state index >= 15 is 0 Å². The van der Waals surface area contributed by atoms with Gasteiger partial charge in [0.1, 0.15) is 0 Å². The third kappa shape index (κ3) is 12.6. The number of hydrogen-bond donors (Lipinski definition) is 0. The van der Waals surface area contributed by atoms with E-state index in [1.54, 1.807) is 0 Å². The summed E-state index contributed by atoms with van der Waals surface area (Å²) >= 11 is -5.28. The molecule has 0 fully saturated rings. The fourth-order valence-corrected chi connectivity index (χ4v) is 34.6. The van der Waals surface area contributed by atoms with Gasteiger partial charge in [0.05, 0.1) is 0 Å². The zero-order valence-electron chi connectivity index (χ0n) is 28.5. The van der Waals surface area contributed by atoms with Gasteiger partial charge in [0, 0.05) is 0 Å². The number of aryl methyl sites for hydroxylation is 2. The molecule has 0 saturated heterocycles. The molecule has 0 amide bonds. The summed E-state index contributed by atoms with van der Waals surface area (Å²) in [7, 11) is 0. The summed E-state index contributed by atoms with van der Waals surface area (Å²) < 4.78 is 12.7. The number of rotatable bonds is 27. The van der Waals surface area contributed by atoms with Gasteiger partial charge in [-0.25, -0.2) is 0 Å². The van der Waals surface area contributed by atoms with Crippen LogP contribution in [0.5, 0.6) is 0 Å². The molecule has 0 aliphatic rings. The zero-order chi connectivity index (χ0) is 30.5. The van der Waals surface area contributed by atoms with Crippen LogP contribution in [0.25, 0.3) is 0 Å². The van der Waals surface area contributed by atoms with E-state index in [-0.39, 0.29) is 0 Å². The molecule has 0 aliphatic heterocycles. The molecule has 2 aromatic heterocycles. The van der Waals surface area contributed by atoms with Crippen LogP contribution in [0.4, 0.5) is 0 Å². The third-order valence-electron chi connectivity index (χ3n) is 9.28. The molecule has 0 aromatic carbocycles. The maximum absolute atomic E-state index is 5.06. The minimum atomic E-state index is -2.64. The van der Waals surface area contributed by atoms with Gasteiger partial charge in [0.15, 0.2) is 0 Å². The predicted octanol–water partition coefficient (Wildman–Crippen LogP) is 9.39. The van der Waals surface area contributed by atoms with Crippen molar-refractivity contribution in [2.75, 3.05) is 0 Å². The van der Waals surface area contributed by atoms with Gasteiger partial charge in [0.2, 0.25) is 0 Å². The number of unbranched alkanes of at least 4 members (excludes halogenated alkanes) is 9. The molecular formula is C32H66N8Sn2. The molecule has 2 heterocycles. The molecule has 0 bridgehead atoms. The molecule has 42 heavy (non-hydrogen) atoms. The van der Waals surface area contributed by atoms with E-state index in [2.05, 4.69) is 57.8 Å². The van der Waals surface area contributed by atoms with Crippen molar-refractivity contribution >= 4 is 37.3 Å². The van der Waals surface area contributed by atoms with Crippen molar-refractivity contribution < 1.29 is 0 Å². The van der Waals surface area contributed by atoms with Crippen LogP contribution in [0.3, 0.4) is 0 Å². The molecule has 0 radical (unpaired) electrons. The van der Waals surface area contributed by atoms with Crippen LogP contribution < -0.4 is 0 Å². The molecule has 0 spiro atoms. The summed E-state index contributed by atoms with van der Waals surface area (Å²) in [5.41, 5.74) is 0. The second-order valence-corrected chi connectivity index (χ2v) is 37.8. The Hall–Kier alpha value is -0.263. The van der Waals surface area contributed by atoms with E-state index in [0.29, 0.717) is 0 Å². The fraction of sp³-hybridized carbons (Fsp3) is 0.938. The summed E-state index contributed by atoms with van der Waals surface area (Å²) in [4.78, 5) is 0. The van der Waals surface area contributed by atoms with E-state index < -0.39 is 37.3 Å². The molecule has 0 saturated carbocycles. The summed E-state index contributed by atoms with van der Waals surface area (Å²) in [5.74, 6) is 1.94. The molecule has 0 unspecified atom stereocenters. The van der Waals surface area contributed by atoms with E-state index in [1.807, 2.05) is 0 Å². The normalized spacial score (nSPS) is 12.4. The van der Waals surface area contributed by atoms with Crippen molar-refractivity contribution in [3.8, 4) is 0 Å². The Kier molecular flexibility index (Phi) is 20.1. The van der Waals surface area contributed by atoms with Gasteiger partial charge in [-0.3, -0.25) is 0 Å². The van der Waals surface area contributed by atoms with Gasteiger partial charge < -0.3 is 0 Å². The first-order valence-electron chi connectivity index (χ1n) is 18.1. The van der Waals surface area contributed by atoms with Gasteiger partial charge in [-0.2, -0.15) is 0 Å². The maximum atomic E-state index is 5.06. The summed E-state index contributed by atoms with van der Waals surface area (Å²) in [5, 5.41) is 28.7. The Bertz CT molecular complexity index is 813. The van der Waals surface area contributed by atoms with Crippen molar-refractivity contribution in [3.63, 3.8) is 0 Å². The van der Waals surface area contributed by atoms with Crippen LogP contribution in [0.2, 0.25) is 26.6 Å². The molecule has 0 atom stereocenters. The predicted molar refractivity (Wildman–Crippen MR) is 182 cm³/mol. The van der Waals surface area contributed by atoms with Gasteiger partial charge in [0.25, 0.3) is 0 Å². The van der Waals surface area contributed by atoms with E-state index in [1.165, 1.54) is 117 Å². The average Bonchev–Trinajstić information content (AvgIpc) is 3.69. The SMILES string of the molecule is CCC[CH2][Sn]([CH2]CCC)([CH2]CCC)[n]1nnc(CCCCCCc2nn[n]([Sn]([CH2]CCC)([CH2]CCC)[CH2]CCC)n2)n1. The van der Waals surface area contributed by atoms with Crippen LogP contribution in [0, 0.1) is 0 Å². The van der Waals surface area contributed by atoms with Crippen LogP contribution in [0.1, 0.15) is 156 Å².